The van der Waals surface area contributed by atoms with Crippen molar-refractivity contribution in [2.24, 2.45) is 0 Å². The summed E-state index contributed by atoms with van der Waals surface area (Å²) < 4.78 is 21.4. The maximum atomic E-state index is 13.2. The zero-order chi connectivity index (χ0) is 24.1. The molecule has 1 heterocycles. The van der Waals surface area contributed by atoms with Gasteiger partial charge in [0.25, 0.3) is 11.7 Å². The standard InChI is InChI=1S/C25H29NO7/c1-15-14-16(31-3)10-11-17(15)22(27)20-21(18-8-6-9-19(32-4)24(18)33-5)26(12-7-13-30-2)25(29)23(20)28/h6,8-11,14,21,27H,7,12-13H2,1-5H3/b22-20+/t21-/m1/s1. The van der Waals surface area contributed by atoms with E-state index < -0.39 is 17.7 Å². The molecule has 1 fully saturated rings. The Bertz CT molecular complexity index is 1080. The molecular weight excluding hydrogens is 426 g/mol. The van der Waals surface area contributed by atoms with Crippen molar-refractivity contribution in [2.45, 2.75) is 19.4 Å². The first kappa shape index (κ1) is 24.1. The van der Waals surface area contributed by atoms with Crippen LogP contribution in [0.4, 0.5) is 0 Å². The Balaban J connectivity index is 2.24. The lowest BCUT2D eigenvalue weighted by atomic mass is 9.93. The van der Waals surface area contributed by atoms with Gasteiger partial charge >= 0.3 is 0 Å². The zero-order valence-corrected chi connectivity index (χ0v) is 19.5. The van der Waals surface area contributed by atoms with Crippen LogP contribution in [0, 0.1) is 6.92 Å². The van der Waals surface area contributed by atoms with E-state index in [4.69, 9.17) is 18.9 Å². The molecule has 1 atom stereocenters. The third-order valence-corrected chi connectivity index (χ3v) is 5.70. The Labute approximate surface area is 193 Å². The average molecular weight is 456 g/mol. The Morgan fingerprint density at radius 1 is 1.03 bits per heavy atom. The van der Waals surface area contributed by atoms with Crippen molar-refractivity contribution in [3.05, 3.63) is 58.7 Å². The molecule has 0 bridgehead atoms. The van der Waals surface area contributed by atoms with E-state index in [1.807, 2.05) is 0 Å². The number of ketones is 1. The van der Waals surface area contributed by atoms with Crippen LogP contribution in [0.1, 0.15) is 29.2 Å². The van der Waals surface area contributed by atoms with Crippen LogP contribution in [0.25, 0.3) is 5.76 Å². The number of rotatable bonds is 9. The molecule has 1 aliphatic heterocycles. The van der Waals surface area contributed by atoms with Gasteiger partial charge in [-0.25, -0.2) is 0 Å². The summed E-state index contributed by atoms with van der Waals surface area (Å²) in [5.41, 5.74) is 1.68. The van der Waals surface area contributed by atoms with Gasteiger partial charge in [0.05, 0.1) is 32.9 Å². The van der Waals surface area contributed by atoms with E-state index in [0.717, 1.165) is 0 Å². The highest BCUT2D eigenvalue weighted by Crippen LogP contribution is 2.45. The van der Waals surface area contributed by atoms with Crippen LogP contribution < -0.4 is 14.2 Å². The van der Waals surface area contributed by atoms with Gasteiger partial charge in [0, 0.05) is 31.4 Å². The Hall–Kier alpha value is -3.52. The van der Waals surface area contributed by atoms with Gasteiger partial charge in [0.1, 0.15) is 11.5 Å². The van der Waals surface area contributed by atoms with Crippen molar-refractivity contribution in [3.63, 3.8) is 0 Å². The number of Topliss-reactive ketones (excluding diaryl/α,β-unsaturated/α-hetero) is 1. The third kappa shape index (κ3) is 4.52. The number of carbonyl (C=O) groups excluding carboxylic acids is 2. The van der Waals surface area contributed by atoms with E-state index in [-0.39, 0.29) is 17.9 Å². The lowest BCUT2D eigenvalue weighted by molar-refractivity contribution is -0.140. The number of aliphatic hydroxyl groups excluding tert-OH is 1. The van der Waals surface area contributed by atoms with Gasteiger partial charge in [-0.2, -0.15) is 0 Å². The second-order valence-electron chi connectivity index (χ2n) is 7.60. The monoisotopic (exact) mass is 455 g/mol. The molecule has 0 aliphatic carbocycles. The van der Waals surface area contributed by atoms with E-state index >= 15 is 0 Å². The number of para-hydroxylation sites is 1. The molecule has 0 spiro atoms. The van der Waals surface area contributed by atoms with Crippen molar-refractivity contribution in [1.82, 2.24) is 4.90 Å². The van der Waals surface area contributed by atoms with E-state index in [0.29, 0.717) is 47.0 Å². The molecule has 2 aromatic carbocycles. The fourth-order valence-corrected chi connectivity index (χ4v) is 4.11. The smallest absolute Gasteiger partial charge is 0.295 e. The molecule has 1 N–H and O–H groups in total. The summed E-state index contributed by atoms with van der Waals surface area (Å²) in [6.07, 6.45) is 0.522. The van der Waals surface area contributed by atoms with Gasteiger partial charge in [-0.05, 0) is 43.2 Å². The highest BCUT2D eigenvalue weighted by molar-refractivity contribution is 6.46. The molecule has 3 rings (SSSR count). The molecule has 1 amide bonds. The highest BCUT2D eigenvalue weighted by Gasteiger charge is 2.47. The number of carbonyl (C=O) groups is 2. The number of hydrogen-bond acceptors (Lipinski definition) is 7. The summed E-state index contributed by atoms with van der Waals surface area (Å²) in [5, 5.41) is 11.3. The third-order valence-electron chi connectivity index (χ3n) is 5.70. The first-order chi connectivity index (χ1) is 15.9. The van der Waals surface area contributed by atoms with E-state index in [1.165, 1.54) is 19.1 Å². The summed E-state index contributed by atoms with van der Waals surface area (Å²) in [6.45, 7) is 2.48. The van der Waals surface area contributed by atoms with Crippen molar-refractivity contribution in [2.75, 3.05) is 41.6 Å². The van der Waals surface area contributed by atoms with Crippen LogP contribution >= 0.6 is 0 Å². The number of aryl methyl sites for hydroxylation is 1. The van der Waals surface area contributed by atoms with Crippen LogP contribution in [0.3, 0.4) is 0 Å². The molecule has 33 heavy (non-hydrogen) atoms. The van der Waals surface area contributed by atoms with Crippen molar-refractivity contribution < 1.29 is 33.6 Å². The van der Waals surface area contributed by atoms with Crippen molar-refractivity contribution >= 4 is 17.4 Å². The molecule has 1 aliphatic rings. The van der Waals surface area contributed by atoms with Crippen molar-refractivity contribution in [1.29, 1.82) is 0 Å². The number of aliphatic hydroxyl groups is 1. The number of benzene rings is 2. The Morgan fingerprint density at radius 2 is 1.79 bits per heavy atom. The predicted molar refractivity (Wildman–Crippen MR) is 123 cm³/mol. The second kappa shape index (κ2) is 10.4. The molecule has 0 radical (unpaired) electrons. The molecule has 8 nitrogen and oxygen atoms in total. The first-order valence-electron chi connectivity index (χ1n) is 10.5. The molecular formula is C25H29NO7. The molecule has 8 heteroatoms. The van der Waals surface area contributed by atoms with E-state index in [9.17, 15) is 14.7 Å². The van der Waals surface area contributed by atoms with Gasteiger partial charge < -0.3 is 29.0 Å². The topological polar surface area (TPSA) is 94.5 Å². The van der Waals surface area contributed by atoms with E-state index in [1.54, 1.807) is 57.5 Å². The van der Waals surface area contributed by atoms with Crippen LogP contribution in [0.15, 0.2) is 42.0 Å². The van der Waals surface area contributed by atoms with Crippen LogP contribution in [-0.4, -0.2) is 63.3 Å². The lowest BCUT2D eigenvalue weighted by Crippen LogP contribution is -2.31. The van der Waals surface area contributed by atoms with Crippen LogP contribution in [-0.2, 0) is 14.3 Å². The minimum atomic E-state index is -0.853. The van der Waals surface area contributed by atoms with Gasteiger partial charge in [-0.15, -0.1) is 0 Å². The number of likely N-dealkylation sites (tertiary alicyclic amines) is 1. The molecule has 1 saturated heterocycles. The molecule has 2 aromatic rings. The number of ether oxygens (including phenoxy) is 4. The maximum Gasteiger partial charge on any atom is 0.295 e. The molecule has 0 saturated carbocycles. The lowest BCUT2D eigenvalue weighted by Gasteiger charge is -2.27. The SMILES string of the molecule is COCCCN1C(=O)C(=O)/C(=C(/O)c2ccc(OC)cc2C)[C@H]1c1cccc(OC)c1OC. The Kier molecular flexibility index (Phi) is 7.60. The quantitative estimate of drug-likeness (QED) is 0.268. The zero-order valence-electron chi connectivity index (χ0n) is 19.5. The largest absolute Gasteiger partial charge is 0.507 e. The summed E-state index contributed by atoms with van der Waals surface area (Å²) in [4.78, 5) is 27.7. The predicted octanol–water partition coefficient (Wildman–Crippen LogP) is 3.48. The number of nitrogens with zero attached hydrogens (tertiary/aromatic N) is 1. The summed E-state index contributed by atoms with van der Waals surface area (Å²) in [5.74, 6) is -0.226. The highest BCUT2D eigenvalue weighted by atomic mass is 16.5. The normalized spacial score (nSPS) is 17.4. The minimum Gasteiger partial charge on any atom is -0.507 e. The first-order valence-corrected chi connectivity index (χ1v) is 10.5. The second-order valence-corrected chi connectivity index (χ2v) is 7.60. The average Bonchev–Trinajstić information content (AvgIpc) is 3.07. The maximum absolute atomic E-state index is 13.2. The fourth-order valence-electron chi connectivity index (χ4n) is 4.11. The van der Waals surface area contributed by atoms with Crippen molar-refractivity contribution in [3.8, 4) is 17.2 Å². The number of amides is 1. The van der Waals surface area contributed by atoms with Gasteiger partial charge in [0.2, 0.25) is 0 Å². The van der Waals surface area contributed by atoms with Gasteiger partial charge in [0.15, 0.2) is 11.5 Å². The molecule has 176 valence electrons. The summed E-state index contributed by atoms with van der Waals surface area (Å²) in [6, 6.07) is 9.51. The number of hydrogen-bond donors (Lipinski definition) is 1. The van der Waals surface area contributed by atoms with Gasteiger partial charge in [-0.3, -0.25) is 9.59 Å². The Morgan fingerprint density at radius 3 is 2.39 bits per heavy atom. The fraction of sp³-hybridized carbons (Fsp3) is 0.360. The molecule has 0 unspecified atom stereocenters. The number of methoxy groups -OCH3 is 4. The summed E-state index contributed by atoms with van der Waals surface area (Å²) in [7, 11) is 6.13. The van der Waals surface area contributed by atoms with Crippen LogP contribution in [0.2, 0.25) is 0 Å². The van der Waals surface area contributed by atoms with E-state index in [2.05, 4.69) is 0 Å². The summed E-state index contributed by atoms with van der Waals surface area (Å²) >= 11 is 0. The van der Waals surface area contributed by atoms with Gasteiger partial charge in [-0.1, -0.05) is 12.1 Å². The minimum absolute atomic E-state index is 0.00256. The molecule has 0 aromatic heterocycles. The van der Waals surface area contributed by atoms with Crippen LogP contribution in [0.5, 0.6) is 17.2 Å².